The van der Waals surface area contributed by atoms with Crippen molar-refractivity contribution >= 4 is 17.7 Å². The molecule has 2 aliphatic rings. The second-order valence-corrected chi connectivity index (χ2v) is 8.94. The summed E-state index contributed by atoms with van der Waals surface area (Å²) in [5, 5.41) is 9.11. The van der Waals surface area contributed by atoms with Crippen LogP contribution in [0.2, 0.25) is 0 Å². The number of likely N-dealkylation sites (tertiary alicyclic amines) is 1. The lowest BCUT2D eigenvalue weighted by molar-refractivity contribution is -0.131. The predicted molar refractivity (Wildman–Crippen MR) is 108 cm³/mol. The van der Waals surface area contributed by atoms with E-state index in [9.17, 15) is 4.79 Å². The molecule has 2 fully saturated rings. The van der Waals surface area contributed by atoms with Crippen LogP contribution >= 0.6 is 11.8 Å². The van der Waals surface area contributed by atoms with Crippen LogP contribution in [-0.2, 0) is 4.79 Å². The molecule has 6 heteroatoms. The Bertz CT molecular complexity index is 818. The quantitative estimate of drug-likeness (QED) is 0.747. The van der Waals surface area contributed by atoms with Crippen molar-refractivity contribution in [2.24, 2.45) is 11.8 Å². The first-order valence-electron chi connectivity index (χ1n) is 10.00. The van der Waals surface area contributed by atoms with Gasteiger partial charge in [0.15, 0.2) is 5.16 Å². The van der Waals surface area contributed by atoms with Gasteiger partial charge in [0.1, 0.15) is 6.33 Å². The zero-order valence-corrected chi connectivity index (χ0v) is 17.0. The fourth-order valence-corrected chi connectivity index (χ4v) is 5.34. The van der Waals surface area contributed by atoms with E-state index >= 15 is 0 Å². The maximum Gasteiger partial charge on any atom is 0.233 e. The lowest BCUT2D eigenvalue weighted by Crippen LogP contribution is -2.45. The van der Waals surface area contributed by atoms with Gasteiger partial charge in [-0.05, 0) is 55.7 Å². The summed E-state index contributed by atoms with van der Waals surface area (Å²) in [4.78, 5) is 14.9. The Kier molecular flexibility index (Phi) is 5.53. The number of piperidine rings is 1. The molecule has 0 unspecified atom stereocenters. The van der Waals surface area contributed by atoms with E-state index in [1.807, 2.05) is 4.57 Å². The molecule has 5 nitrogen and oxygen atoms in total. The Labute approximate surface area is 165 Å². The minimum Gasteiger partial charge on any atom is -0.342 e. The monoisotopic (exact) mass is 384 g/mol. The van der Waals surface area contributed by atoms with Crippen LogP contribution in [0.4, 0.5) is 0 Å². The van der Waals surface area contributed by atoms with E-state index in [2.05, 4.69) is 47.1 Å². The highest BCUT2D eigenvalue weighted by Gasteiger charge is 2.32. The number of hydrogen-bond acceptors (Lipinski definition) is 4. The number of amides is 1. The summed E-state index contributed by atoms with van der Waals surface area (Å²) in [5.74, 6) is 2.24. The van der Waals surface area contributed by atoms with Gasteiger partial charge in [-0.25, -0.2) is 0 Å². The summed E-state index contributed by atoms with van der Waals surface area (Å²) < 4.78 is 1.99. The number of fused-ring (bicyclic) bond motifs is 1. The predicted octanol–water partition coefficient (Wildman–Crippen LogP) is 4.01. The topological polar surface area (TPSA) is 51.0 Å². The zero-order valence-electron chi connectivity index (χ0n) is 16.2. The standard InChI is InChI=1S/C21H28N4OS/c1-15-7-8-16(2)19(11-15)25-14-22-23-21(25)27-13-20(26)24-10-9-17-5-3-4-6-18(17)12-24/h7-8,11,14,17-18H,3-6,9-10,12-13H2,1-2H3/t17-,18+/m0/s1. The number of rotatable bonds is 4. The molecule has 27 heavy (non-hydrogen) atoms. The van der Waals surface area contributed by atoms with Crippen molar-refractivity contribution in [3.63, 3.8) is 0 Å². The number of nitrogens with zero attached hydrogens (tertiary/aromatic N) is 4. The number of carbonyl (C=O) groups excluding carboxylic acids is 1. The number of hydrogen-bond donors (Lipinski definition) is 0. The Morgan fingerprint density at radius 3 is 2.85 bits per heavy atom. The molecule has 1 aliphatic carbocycles. The SMILES string of the molecule is Cc1ccc(C)c(-n2cnnc2SCC(=O)N2CC[C@@H]3CCCC[C@@H]3C2)c1. The van der Waals surface area contributed by atoms with Crippen LogP contribution in [0, 0.1) is 25.7 Å². The molecule has 4 rings (SSSR count). The number of thioether (sulfide) groups is 1. The van der Waals surface area contributed by atoms with Crippen molar-refractivity contribution in [2.75, 3.05) is 18.8 Å². The first-order chi connectivity index (χ1) is 13.1. The van der Waals surface area contributed by atoms with Gasteiger partial charge < -0.3 is 4.90 Å². The molecule has 2 heterocycles. The van der Waals surface area contributed by atoms with Crippen LogP contribution < -0.4 is 0 Å². The van der Waals surface area contributed by atoms with Crippen molar-refractivity contribution in [3.05, 3.63) is 35.7 Å². The average Bonchev–Trinajstić information content (AvgIpc) is 3.16. The Morgan fingerprint density at radius 2 is 2.00 bits per heavy atom. The summed E-state index contributed by atoms with van der Waals surface area (Å²) in [6.45, 7) is 6.04. The largest absolute Gasteiger partial charge is 0.342 e. The second kappa shape index (κ2) is 8.05. The van der Waals surface area contributed by atoms with E-state index in [0.29, 0.717) is 5.75 Å². The fourth-order valence-electron chi connectivity index (χ4n) is 4.51. The average molecular weight is 385 g/mol. The van der Waals surface area contributed by atoms with Crippen LogP contribution in [0.3, 0.4) is 0 Å². The maximum atomic E-state index is 12.8. The molecule has 1 saturated heterocycles. The van der Waals surface area contributed by atoms with Crippen LogP contribution in [0.15, 0.2) is 29.7 Å². The third kappa shape index (κ3) is 4.05. The van der Waals surface area contributed by atoms with E-state index in [1.54, 1.807) is 6.33 Å². The Balaban J connectivity index is 1.40. The molecule has 1 aliphatic heterocycles. The van der Waals surface area contributed by atoms with Crippen molar-refractivity contribution in [3.8, 4) is 5.69 Å². The van der Waals surface area contributed by atoms with Gasteiger partial charge >= 0.3 is 0 Å². The van der Waals surface area contributed by atoms with Gasteiger partial charge in [-0.15, -0.1) is 10.2 Å². The minimum atomic E-state index is 0.236. The van der Waals surface area contributed by atoms with Gasteiger partial charge in [0.2, 0.25) is 5.91 Å². The van der Waals surface area contributed by atoms with Crippen LogP contribution in [0.1, 0.15) is 43.2 Å². The second-order valence-electron chi connectivity index (χ2n) is 8.00. The van der Waals surface area contributed by atoms with Crippen molar-refractivity contribution in [2.45, 2.75) is 51.1 Å². The minimum absolute atomic E-state index is 0.236. The molecule has 2 aromatic rings. The summed E-state index contributed by atoms with van der Waals surface area (Å²) >= 11 is 1.49. The fraction of sp³-hybridized carbons (Fsp3) is 0.571. The lowest BCUT2D eigenvalue weighted by Gasteiger charge is -2.41. The third-order valence-electron chi connectivity index (χ3n) is 6.11. The molecule has 1 aromatic carbocycles. The normalized spacial score (nSPS) is 22.5. The highest BCUT2D eigenvalue weighted by atomic mass is 32.2. The van der Waals surface area contributed by atoms with Crippen LogP contribution in [-0.4, -0.2) is 44.4 Å². The first kappa shape index (κ1) is 18.5. The number of benzene rings is 1. The van der Waals surface area contributed by atoms with Gasteiger partial charge in [0.05, 0.1) is 11.4 Å². The van der Waals surface area contributed by atoms with Gasteiger partial charge in [-0.2, -0.15) is 0 Å². The lowest BCUT2D eigenvalue weighted by atomic mass is 9.75. The summed E-state index contributed by atoms with van der Waals surface area (Å²) in [6, 6.07) is 6.35. The maximum absolute atomic E-state index is 12.8. The van der Waals surface area contributed by atoms with E-state index < -0.39 is 0 Å². The van der Waals surface area contributed by atoms with E-state index in [-0.39, 0.29) is 5.91 Å². The highest BCUT2D eigenvalue weighted by molar-refractivity contribution is 7.99. The molecule has 144 valence electrons. The molecule has 0 spiro atoms. The van der Waals surface area contributed by atoms with E-state index in [1.165, 1.54) is 55.0 Å². The van der Waals surface area contributed by atoms with Crippen molar-refractivity contribution in [1.82, 2.24) is 19.7 Å². The first-order valence-corrected chi connectivity index (χ1v) is 11.0. The molecular weight excluding hydrogens is 356 g/mol. The van der Waals surface area contributed by atoms with Crippen LogP contribution in [0.25, 0.3) is 5.69 Å². The summed E-state index contributed by atoms with van der Waals surface area (Å²) in [6.07, 6.45) is 8.28. The summed E-state index contributed by atoms with van der Waals surface area (Å²) in [5.41, 5.74) is 3.46. The summed E-state index contributed by atoms with van der Waals surface area (Å²) in [7, 11) is 0. The van der Waals surface area contributed by atoms with E-state index in [0.717, 1.165) is 35.8 Å². The molecule has 0 radical (unpaired) electrons. The smallest absolute Gasteiger partial charge is 0.233 e. The van der Waals surface area contributed by atoms with Gasteiger partial charge in [0, 0.05) is 13.1 Å². The number of aromatic nitrogens is 3. The molecule has 2 atom stereocenters. The van der Waals surface area contributed by atoms with Crippen LogP contribution in [0.5, 0.6) is 0 Å². The van der Waals surface area contributed by atoms with Crippen molar-refractivity contribution < 1.29 is 4.79 Å². The molecule has 1 amide bonds. The van der Waals surface area contributed by atoms with Gasteiger partial charge in [-0.3, -0.25) is 9.36 Å². The third-order valence-corrected chi connectivity index (χ3v) is 7.04. The molecular formula is C21H28N4OS. The zero-order chi connectivity index (χ0) is 18.8. The van der Waals surface area contributed by atoms with Gasteiger partial charge in [-0.1, -0.05) is 43.2 Å². The molecule has 1 saturated carbocycles. The van der Waals surface area contributed by atoms with Gasteiger partial charge in [0.25, 0.3) is 0 Å². The number of aryl methyl sites for hydroxylation is 2. The molecule has 0 bridgehead atoms. The number of carbonyl (C=O) groups is 1. The Morgan fingerprint density at radius 1 is 1.19 bits per heavy atom. The van der Waals surface area contributed by atoms with Crippen molar-refractivity contribution in [1.29, 1.82) is 0 Å². The molecule has 0 N–H and O–H groups in total. The highest BCUT2D eigenvalue weighted by Crippen LogP contribution is 2.36. The Hall–Kier alpha value is -1.82. The van der Waals surface area contributed by atoms with E-state index in [4.69, 9.17) is 0 Å². The molecule has 1 aromatic heterocycles.